The van der Waals surface area contributed by atoms with E-state index in [-0.39, 0.29) is 18.1 Å². The van der Waals surface area contributed by atoms with E-state index in [1.54, 1.807) is 6.92 Å². The lowest BCUT2D eigenvalue weighted by atomic mass is 10.0. The maximum absolute atomic E-state index is 11.6. The maximum atomic E-state index is 11.6. The van der Waals surface area contributed by atoms with Gasteiger partial charge in [-0.25, -0.2) is 0 Å². The zero-order valence-corrected chi connectivity index (χ0v) is 11.8. The minimum absolute atomic E-state index is 0.127. The number of carbonyl (C=O) groups excluding carboxylic acids is 1. The van der Waals surface area contributed by atoms with Crippen molar-refractivity contribution in [3.8, 4) is 0 Å². The molecule has 1 aromatic carbocycles. The van der Waals surface area contributed by atoms with Crippen LogP contribution in [0.2, 0.25) is 5.02 Å². The second-order valence-corrected chi connectivity index (χ2v) is 4.59. The number of hydrogen-bond donors (Lipinski definition) is 1. The second kappa shape index (κ2) is 7.39. The molecule has 18 heavy (non-hydrogen) atoms. The van der Waals surface area contributed by atoms with Gasteiger partial charge in [-0.1, -0.05) is 30.7 Å². The summed E-state index contributed by atoms with van der Waals surface area (Å²) in [6.45, 7) is 6.10. The summed E-state index contributed by atoms with van der Waals surface area (Å²) < 4.78 is 4.98. The molecule has 0 spiro atoms. The van der Waals surface area contributed by atoms with Gasteiger partial charge in [0.1, 0.15) is 6.04 Å². The summed E-state index contributed by atoms with van der Waals surface area (Å²) in [5, 5.41) is 3.98. The van der Waals surface area contributed by atoms with Gasteiger partial charge in [-0.2, -0.15) is 0 Å². The predicted molar refractivity (Wildman–Crippen MR) is 73.7 cm³/mol. The van der Waals surface area contributed by atoms with Gasteiger partial charge in [0.15, 0.2) is 0 Å². The number of hydrogen-bond acceptors (Lipinski definition) is 3. The van der Waals surface area contributed by atoms with Crippen LogP contribution >= 0.6 is 11.6 Å². The van der Waals surface area contributed by atoms with E-state index in [1.807, 2.05) is 31.2 Å². The quantitative estimate of drug-likeness (QED) is 0.805. The third kappa shape index (κ3) is 4.31. The van der Waals surface area contributed by atoms with Gasteiger partial charge in [-0.15, -0.1) is 0 Å². The van der Waals surface area contributed by atoms with Crippen LogP contribution in [0.1, 0.15) is 38.8 Å². The molecule has 0 radical (unpaired) electrons. The van der Waals surface area contributed by atoms with Crippen molar-refractivity contribution in [2.75, 3.05) is 6.61 Å². The molecule has 0 heterocycles. The Kier molecular flexibility index (Phi) is 6.16. The van der Waals surface area contributed by atoms with Crippen LogP contribution in [0, 0.1) is 0 Å². The van der Waals surface area contributed by atoms with Crippen molar-refractivity contribution in [3.63, 3.8) is 0 Å². The first-order chi connectivity index (χ1) is 8.58. The monoisotopic (exact) mass is 269 g/mol. The van der Waals surface area contributed by atoms with Crippen molar-refractivity contribution >= 4 is 17.6 Å². The number of rotatable bonds is 6. The highest BCUT2D eigenvalue weighted by molar-refractivity contribution is 6.30. The number of nitrogens with one attached hydrogen (secondary N) is 1. The normalized spacial score (nSPS) is 14.0. The summed E-state index contributed by atoms with van der Waals surface area (Å²) >= 11 is 5.86. The van der Waals surface area contributed by atoms with E-state index in [1.165, 1.54) is 0 Å². The molecule has 1 N–H and O–H groups in total. The Morgan fingerprint density at radius 2 is 1.94 bits per heavy atom. The standard InChI is InChI=1S/C14H20ClNO2/c1-4-13(11-6-8-12(15)9-7-11)16-10(3)14(17)18-5-2/h6-10,13,16H,4-5H2,1-3H3. The predicted octanol–water partition coefficient (Wildman–Crippen LogP) is 3.33. The van der Waals surface area contributed by atoms with Gasteiger partial charge in [0.05, 0.1) is 6.61 Å². The highest BCUT2D eigenvalue weighted by Gasteiger charge is 2.18. The zero-order chi connectivity index (χ0) is 13.5. The van der Waals surface area contributed by atoms with E-state index in [0.29, 0.717) is 11.6 Å². The lowest BCUT2D eigenvalue weighted by Crippen LogP contribution is -2.37. The average molecular weight is 270 g/mol. The van der Waals surface area contributed by atoms with Gasteiger partial charge in [0.25, 0.3) is 0 Å². The van der Waals surface area contributed by atoms with Crippen LogP contribution in [0.15, 0.2) is 24.3 Å². The van der Waals surface area contributed by atoms with Crippen molar-refractivity contribution in [2.24, 2.45) is 0 Å². The molecule has 0 aliphatic heterocycles. The van der Waals surface area contributed by atoms with Gasteiger partial charge in [-0.3, -0.25) is 10.1 Å². The number of carbonyl (C=O) groups is 1. The maximum Gasteiger partial charge on any atom is 0.322 e. The van der Waals surface area contributed by atoms with Crippen molar-refractivity contribution in [2.45, 2.75) is 39.3 Å². The highest BCUT2D eigenvalue weighted by Crippen LogP contribution is 2.19. The summed E-state index contributed by atoms with van der Waals surface area (Å²) in [5.74, 6) is -0.218. The fraction of sp³-hybridized carbons (Fsp3) is 0.500. The Balaban J connectivity index is 2.67. The van der Waals surface area contributed by atoms with Crippen LogP contribution in [0.5, 0.6) is 0 Å². The molecule has 4 heteroatoms. The third-order valence-corrected chi connectivity index (χ3v) is 3.02. The van der Waals surface area contributed by atoms with E-state index in [9.17, 15) is 4.79 Å². The fourth-order valence-corrected chi connectivity index (χ4v) is 1.91. The Morgan fingerprint density at radius 3 is 2.44 bits per heavy atom. The van der Waals surface area contributed by atoms with Gasteiger partial charge in [0.2, 0.25) is 0 Å². The van der Waals surface area contributed by atoms with E-state index in [2.05, 4.69) is 12.2 Å². The molecule has 0 aliphatic carbocycles. The molecule has 0 fully saturated rings. The van der Waals surface area contributed by atoms with Crippen molar-refractivity contribution in [1.82, 2.24) is 5.32 Å². The van der Waals surface area contributed by atoms with Crippen LogP contribution < -0.4 is 5.32 Å². The molecule has 0 amide bonds. The summed E-state index contributed by atoms with van der Waals surface area (Å²) in [4.78, 5) is 11.6. The van der Waals surface area contributed by atoms with Crippen LogP contribution in [-0.4, -0.2) is 18.6 Å². The van der Waals surface area contributed by atoms with Crippen molar-refractivity contribution in [1.29, 1.82) is 0 Å². The van der Waals surface area contributed by atoms with Gasteiger partial charge >= 0.3 is 5.97 Å². The fourth-order valence-electron chi connectivity index (χ4n) is 1.78. The molecular weight excluding hydrogens is 250 g/mol. The Morgan fingerprint density at radius 1 is 1.33 bits per heavy atom. The number of benzene rings is 1. The highest BCUT2D eigenvalue weighted by atomic mass is 35.5. The van der Waals surface area contributed by atoms with Gasteiger partial charge < -0.3 is 4.74 Å². The lowest BCUT2D eigenvalue weighted by molar-refractivity contribution is -0.145. The second-order valence-electron chi connectivity index (χ2n) is 4.15. The molecule has 2 unspecified atom stereocenters. The van der Waals surface area contributed by atoms with E-state index in [4.69, 9.17) is 16.3 Å². The molecule has 1 rings (SSSR count). The first-order valence-corrected chi connectivity index (χ1v) is 6.64. The van der Waals surface area contributed by atoms with Crippen molar-refractivity contribution < 1.29 is 9.53 Å². The Labute approximate surface area is 113 Å². The van der Waals surface area contributed by atoms with Crippen LogP contribution in [0.25, 0.3) is 0 Å². The molecule has 2 atom stereocenters. The average Bonchev–Trinajstić information content (AvgIpc) is 2.37. The van der Waals surface area contributed by atoms with Gasteiger partial charge in [-0.05, 0) is 38.0 Å². The minimum Gasteiger partial charge on any atom is -0.465 e. The zero-order valence-electron chi connectivity index (χ0n) is 11.1. The Hall–Kier alpha value is -1.06. The molecule has 0 saturated heterocycles. The van der Waals surface area contributed by atoms with Crippen LogP contribution in [-0.2, 0) is 9.53 Å². The summed E-state index contributed by atoms with van der Waals surface area (Å²) in [5.41, 5.74) is 1.12. The largest absolute Gasteiger partial charge is 0.465 e. The number of esters is 1. The van der Waals surface area contributed by atoms with Crippen LogP contribution in [0.4, 0.5) is 0 Å². The van der Waals surface area contributed by atoms with E-state index >= 15 is 0 Å². The summed E-state index contributed by atoms with van der Waals surface area (Å²) in [6.07, 6.45) is 0.894. The lowest BCUT2D eigenvalue weighted by Gasteiger charge is -2.21. The first-order valence-electron chi connectivity index (χ1n) is 6.26. The topological polar surface area (TPSA) is 38.3 Å². The first kappa shape index (κ1) is 15.0. The number of ether oxygens (including phenoxy) is 1. The molecule has 0 aliphatic rings. The number of halogens is 1. The molecular formula is C14H20ClNO2. The smallest absolute Gasteiger partial charge is 0.322 e. The van der Waals surface area contributed by atoms with Gasteiger partial charge in [0, 0.05) is 11.1 Å². The van der Waals surface area contributed by atoms with E-state index < -0.39 is 0 Å². The molecule has 3 nitrogen and oxygen atoms in total. The van der Waals surface area contributed by atoms with Crippen LogP contribution in [0.3, 0.4) is 0 Å². The third-order valence-electron chi connectivity index (χ3n) is 2.77. The van der Waals surface area contributed by atoms with Crippen molar-refractivity contribution in [3.05, 3.63) is 34.9 Å². The SMILES string of the molecule is CCOC(=O)C(C)NC(CC)c1ccc(Cl)cc1. The Bertz CT molecular complexity index is 378. The molecule has 100 valence electrons. The summed E-state index contributed by atoms with van der Waals surface area (Å²) in [6, 6.07) is 7.47. The summed E-state index contributed by atoms with van der Waals surface area (Å²) in [7, 11) is 0. The molecule has 0 bridgehead atoms. The molecule has 0 aromatic heterocycles. The minimum atomic E-state index is -0.314. The van der Waals surface area contributed by atoms with E-state index in [0.717, 1.165) is 12.0 Å². The molecule has 0 saturated carbocycles. The molecule has 1 aromatic rings.